The van der Waals surface area contributed by atoms with E-state index in [1.165, 1.54) is 0 Å². The first-order valence-corrected chi connectivity index (χ1v) is 8.34. The SMILES string of the molecule is Fc1cc(F)c(Nc2nc(Cl)nc3c2ncn3C2CCCCO2)cc1F. The first-order valence-electron chi connectivity index (χ1n) is 7.96. The summed E-state index contributed by atoms with van der Waals surface area (Å²) in [5.41, 5.74) is 0.429. The minimum Gasteiger partial charge on any atom is -0.358 e. The van der Waals surface area contributed by atoms with Crippen LogP contribution in [0.5, 0.6) is 0 Å². The van der Waals surface area contributed by atoms with Crippen molar-refractivity contribution in [2.75, 3.05) is 11.9 Å². The van der Waals surface area contributed by atoms with Crippen molar-refractivity contribution in [2.45, 2.75) is 25.5 Å². The van der Waals surface area contributed by atoms with Crippen molar-refractivity contribution in [1.29, 1.82) is 0 Å². The molecule has 1 fully saturated rings. The van der Waals surface area contributed by atoms with Gasteiger partial charge in [-0.15, -0.1) is 0 Å². The highest BCUT2D eigenvalue weighted by atomic mass is 35.5. The zero-order valence-electron chi connectivity index (χ0n) is 13.3. The van der Waals surface area contributed by atoms with E-state index in [1.54, 1.807) is 10.9 Å². The van der Waals surface area contributed by atoms with Crippen LogP contribution in [0.3, 0.4) is 0 Å². The van der Waals surface area contributed by atoms with Crippen LogP contribution in [0.2, 0.25) is 5.28 Å². The largest absolute Gasteiger partial charge is 0.358 e. The van der Waals surface area contributed by atoms with Crippen LogP contribution in [0.25, 0.3) is 11.2 Å². The number of halogens is 4. The van der Waals surface area contributed by atoms with Crippen LogP contribution in [0.1, 0.15) is 25.5 Å². The molecule has 0 radical (unpaired) electrons. The topological polar surface area (TPSA) is 64.9 Å². The molecule has 1 aliphatic rings. The molecular formula is C16H13ClF3N5O. The van der Waals surface area contributed by atoms with Gasteiger partial charge in [-0.25, -0.2) is 18.2 Å². The Hall–Kier alpha value is -2.39. The van der Waals surface area contributed by atoms with Crippen LogP contribution in [0, 0.1) is 17.5 Å². The van der Waals surface area contributed by atoms with Gasteiger partial charge in [0.2, 0.25) is 5.28 Å². The summed E-state index contributed by atoms with van der Waals surface area (Å²) >= 11 is 5.98. The molecule has 136 valence electrons. The van der Waals surface area contributed by atoms with E-state index < -0.39 is 17.5 Å². The number of rotatable bonds is 3. The minimum atomic E-state index is -1.28. The molecule has 0 amide bonds. The number of nitrogens with one attached hydrogen (secondary N) is 1. The summed E-state index contributed by atoms with van der Waals surface area (Å²) in [6, 6.07) is 1.15. The Morgan fingerprint density at radius 3 is 2.69 bits per heavy atom. The van der Waals surface area contributed by atoms with E-state index in [4.69, 9.17) is 16.3 Å². The molecule has 6 nitrogen and oxygen atoms in total. The first kappa shape index (κ1) is 17.0. The Morgan fingerprint density at radius 1 is 1.12 bits per heavy atom. The second-order valence-electron chi connectivity index (χ2n) is 5.86. The smallest absolute Gasteiger partial charge is 0.226 e. The summed E-state index contributed by atoms with van der Waals surface area (Å²) in [4.78, 5) is 12.4. The zero-order valence-corrected chi connectivity index (χ0v) is 14.1. The van der Waals surface area contributed by atoms with Gasteiger partial charge in [0, 0.05) is 18.7 Å². The molecule has 1 aliphatic heterocycles. The summed E-state index contributed by atoms with van der Waals surface area (Å²) in [6.07, 6.45) is 4.11. The molecule has 1 unspecified atom stereocenters. The predicted molar refractivity (Wildman–Crippen MR) is 88.8 cm³/mol. The zero-order chi connectivity index (χ0) is 18.3. The lowest BCUT2D eigenvalue weighted by molar-refractivity contribution is -0.0298. The van der Waals surface area contributed by atoms with Gasteiger partial charge >= 0.3 is 0 Å². The molecule has 0 bridgehead atoms. The lowest BCUT2D eigenvalue weighted by atomic mass is 10.2. The van der Waals surface area contributed by atoms with Crippen LogP contribution in [-0.2, 0) is 4.74 Å². The number of hydrogen-bond donors (Lipinski definition) is 1. The first-order chi connectivity index (χ1) is 12.5. The third-order valence-electron chi connectivity index (χ3n) is 4.12. The number of fused-ring (bicyclic) bond motifs is 1. The summed E-state index contributed by atoms with van der Waals surface area (Å²) in [7, 11) is 0. The molecule has 1 saturated heterocycles. The van der Waals surface area contributed by atoms with Crippen molar-refractivity contribution in [3.8, 4) is 0 Å². The summed E-state index contributed by atoms with van der Waals surface area (Å²) in [6.45, 7) is 0.633. The van der Waals surface area contributed by atoms with Crippen LogP contribution < -0.4 is 5.32 Å². The Labute approximate surface area is 151 Å². The second kappa shape index (κ2) is 6.73. The number of nitrogens with zero attached hydrogens (tertiary/aromatic N) is 4. The number of benzene rings is 1. The molecule has 0 spiro atoms. The highest BCUT2D eigenvalue weighted by molar-refractivity contribution is 6.28. The van der Waals surface area contributed by atoms with Crippen molar-refractivity contribution in [1.82, 2.24) is 19.5 Å². The lowest BCUT2D eigenvalue weighted by Gasteiger charge is -2.23. The molecule has 10 heteroatoms. The summed E-state index contributed by atoms with van der Waals surface area (Å²) in [5.74, 6) is -3.36. The number of ether oxygens (including phenoxy) is 1. The van der Waals surface area contributed by atoms with Gasteiger partial charge in [-0.05, 0) is 30.9 Å². The maximum Gasteiger partial charge on any atom is 0.226 e. The third-order valence-corrected chi connectivity index (χ3v) is 4.29. The maximum atomic E-state index is 13.9. The quantitative estimate of drug-likeness (QED) is 0.538. The van der Waals surface area contributed by atoms with Crippen LogP contribution in [-0.4, -0.2) is 26.1 Å². The van der Waals surface area contributed by atoms with Gasteiger partial charge in [0.05, 0.1) is 12.0 Å². The second-order valence-corrected chi connectivity index (χ2v) is 6.20. The molecule has 0 saturated carbocycles. The van der Waals surface area contributed by atoms with Crippen molar-refractivity contribution >= 4 is 34.3 Å². The molecule has 3 aromatic rings. The molecule has 1 N–H and O–H groups in total. The van der Waals surface area contributed by atoms with Gasteiger partial charge in [0.1, 0.15) is 12.0 Å². The monoisotopic (exact) mass is 383 g/mol. The fourth-order valence-corrected chi connectivity index (χ4v) is 3.04. The van der Waals surface area contributed by atoms with Crippen molar-refractivity contribution in [2.24, 2.45) is 0 Å². The Balaban J connectivity index is 1.76. The van der Waals surface area contributed by atoms with Crippen molar-refractivity contribution in [3.63, 3.8) is 0 Å². The Kier molecular flexibility index (Phi) is 4.41. The molecule has 1 atom stereocenters. The minimum absolute atomic E-state index is 0.0828. The van der Waals surface area contributed by atoms with E-state index in [-0.39, 0.29) is 23.0 Å². The molecule has 1 aromatic carbocycles. The molecule has 2 aromatic heterocycles. The number of anilines is 2. The fourth-order valence-electron chi connectivity index (χ4n) is 2.88. The Morgan fingerprint density at radius 2 is 1.92 bits per heavy atom. The van der Waals surface area contributed by atoms with Gasteiger partial charge in [-0.1, -0.05) is 0 Å². The third kappa shape index (κ3) is 3.08. The van der Waals surface area contributed by atoms with Crippen LogP contribution in [0.4, 0.5) is 24.7 Å². The molecule has 4 rings (SSSR count). The van der Waals surface area contributed by atoms with E-state index in [0.29, 0.717) is 29.9 Å². The van der Waals surface area contributed by atoms with Crippen LogP contribution in [0.15, 0.2) is 18.5 Å². The van der Waals surface area contributed by atoms with E-state index in [9.17, 15) is 13.2 Å². The maximum absolute atomic E-state index is 13.9. The van der Waals surface area contributed by atoms with Gasteiger partial charge in [-0.3, -0.25) is 4.57 Å². The van der Waals surface area contributed by atoms with E-state index >= 15 is 0 Å². The van der Waals surface area contributed by atoms with E-state index in [0.717, 1.165) is 19.3 Å². The molecular weight excluding hydrogens is 371 g/mol. The van der Waals surface area contributed by atoms with Crippen LogP contribution >= 0.6 is 11.6 Å². The molecule has 0 aliphatic carbocycles. The van der Waals surface area contributed by atoms with Crippen molar-refractivity contribution in [3.05, 3.63) is 41.2 Å². The number of imidazole rings is 1. The molecule has 26 heavy (non-hydrogen) atoms. The average molecular weight is 384 g/mol. The fraction of sp³-hybridized carbons (Fsp3) is 0.312. The highest BCUT2D eigenvalue weighted by Gasteiger charge is 2.22. The number of hydrogen-bond acceptors (Lipinski definition) is 5. The van der Waals surface area contributed by atoms with E-state index in [1.807, 2.05) is 0 Å². The van der Waals surface area contributed by atoms with Gasteiger partial charge in [0.25, 0.3) is 0 Å². The van der Waals surface area contributed by atoms with E-state index in [2.05, 4.69) is 20.3 Å². The Bertz CT molecular complexity index is 974. The highest BCUT2D eigenvalue weighted by Crippen LogP contribution is 2.30. The average Bonchev–Trinajstić information content (AvgIpc) is 3.04. The molecule has 3 heterocycles. The van der Waals surface area contributed by atoms with Crippen molar-refractivity contribution < 1.29 is 17.9 Å². The number of aromatic nitrogens is 4. The normalized spacial score (nSPS) is 17.6. The predicted octanol–water partition coefficient (Wildman–Crippen LogP) is 4.34. The van der Waals surface area contributed by atoms with Gasteiger partial charge < -0.3 is 10.1 Å². The van der Waals surface area contributed by atoms with Gasteiger partial charge in [-0.2, -0.15) is 9.97 Å². The lowest BCUT2D eigenvalue weighted by Crippen LogP contribution is -2.17. The van der Waals surface area contributed by atoms with Gasteiger partial charge in [0.15, 0.2) is 28.6 Å². The summed E-state index contributed by atoms with van der Waals surface area (Å²) < 4.78 is 47.9. The summed E-state index contributed by atoms with van der Waals surface area (Å²) in [5, 5.41) is 2.51. The standard InChI is InChI=1S/C16H13ClF3N5O/c17-16-23-14(22-11-6-9(19)8(18)5-10(11)20)13-15(24-16)25(7-21-13)12-3-1-2-4-26-12/h5-7,12H,1-4H2,(H,22,23,24).